The lowest BCUT2D eigenvalue weighted by atomic mass is 10.0. The molecule has 1 aromatic carbocycles. The monoisotopic (exact) mass is 340 g/mol. The van der Waals surface area contributed by atoms with Crippen LogP contribution in [0.5, 0.6) is 5.75 Å². The largest absolute Gasteiger partial charge is 0.494 e. The number of piperidine rings is 1. The number of hydrogen-bond acceptors (Lipinski definition) is 3. The second-order valence-corrected chi connectivity index (χ2v) is 6.45. The van der Waals surface area contributed by atoms with E-state index < -0.39 is 0 Å². The molecular weight excluding hydrogens is 312 g/mol. The summed E-state index contributed by atoms with van der Waals surface area (Å²) in [7, 11) is 1.91. The molecule has 1 aromatic rings. The Morgan fingerprint density at radius 3 is 2.43 bits per heavy atom. The van der Waals surface area contributed by atoms with Gasteiger partial charge in [-0.3, -0.25) is 4.79 Å². The lowest BCUT2D eigenvalue weighted by Gasteiger charge is -2.31. The Kier molecular flexibility index (Phi) is 8.42. The Labute approximate surface area is 146 Å². The fraction of sp³-hybridized carbons (Fsp3) is 0.611. The Balaban J connectivity index is 0.00000264. The Morgan fingerprint density at radius 1 is 1.26 bits per heavy atom. The molecule has 0 bridgehead atoms. The number of amides is 1. The van der Waals surface area contributed by atoms with Gasteiger partial charge in [0.25, 0.3) is 5.91 Å². The number of carbonyl (C=O) groups excluding carboxylic acids is 1. The summed E-state index contributed by atoms with van der Waals surface area (Å²) in [6.07, 6.45) is 3.09. The smallest absolute Gasteiger partial charge is 0.253 e. The average molecular weight is 341 g/mol. The van der Waals surface area contributed by atoms with Crippen LogP contribution in [0.1, 0.15) is 43.5 Å². The van der Waals surface area contributed by atoms with Crippen molar-refractivity contribution in [2.24, 2.45) is 5.92 Å². The lowest BCUT2D eigenvalue weighted by molar-refractivity contribution is 0.0703. The van der Waals surface area contributed by atoms with Crippen molar-refractivity contribution in [2.45, 2.75) is 39.2 Å². The summed E-state index contributed by atoms with van der Waals surface area (Å²) < 4.78 is 5.70. The minimum Gasteiger partial charge on any atom is -0.494 e. The van der Waals surface area contributed by atoms with E-state index in [-0.39, 0.29) is 18.3 Å². The summed E-state index contributed by atoms with van der Waals surface area (Å²) in [5, 5.41) is 3.33. The summed E-state index contributed by atoms with van der Waals surface area (Å²) in [6.45, 7) is 7.07. The topological polar surface area (TPSA) is 41.6 Å². The van der Waals surface area contributed by atoms with Crippen LogP contribution in [0.3, 0.4) is 0 Å². The second kappa shape index (κ2) is 9.78. The number of nitrogens with zero attached hydrogens (tertiary/aromatic N) is 1. The van der Waals surface area contributed by atoms with Gasteiger partial charge in [-0.2, -0.15) is 0 Å². The Hall–Kier alpha value is -1.26. The molecular formula is C18H29ClN2O2. The fourth-order valence-electron chi connectivity index (χ4n) is 2.67. The fourth-order valence-corrected chi connectivity index (χ4v) is 2.67. The van der Waals surface area contributed by atoms with Gasteiger partial charge in [-0.1, -0.05) is 13.8 Å². The SMILES string of the molecule is CC(C)CCOc1ccc(C(=O)N(C)C2CCNCC2)cc1.Cl. The van der Waals surface area contributed by atoms with Crippen LogP contribution < -0.4 is 10.1 Å². The first-order chi connectivity index (χ1) is 10.6. The van der Waals surface area contributed by atoms with E-state index in [9.17, 15) is 4.79 Å². The summed E-state index contributed by atoms with van der Waals surface area (Å²) in [4.78, 5) is 14.4. The van der Waals surface area contributed by atoms with E-state index in [4.69, 9.17) is 4.74 Å². The molecule has 0 atom stereocenters. The van der Waals surface area contributed by atoms with E-state index in [0.29, 0.717) is 12.0 Å². The molecule has 130 valence electrons. The number of hydrogen-bond donors (Lipinski definition) is 1. The van der Waals surface area contributed by atoms with Crippen LogP contribution in [-0.2, 0) is 0 Å². The van der Waals surface area contributed by atoms with Crippen LogP contribution in [0.4, 0.5) is 0 Å². The third-order valence-corrected chi connectivity index (χ3v) is 4.24. The predicted molar refractivity (Wildman–Crippen MR) is 96.6 cm³/mol. The quantitative estimate of drug-likeness (QED) is 0.863. The van der Waals surface area contributed by atoms with Crippen molar-refractivity contribution in [3.8, 4) is 5.75 Å². The van der Waals surface area contributed by atoms with Gasteiger partial charge in [0.1, 0.15) is 5.75 Å². The van der Waals surface area contributed by atoms with Gasteiger partial charge in [0, 0.05) is 18.7 Å². The van der Waals surface area contributed by atoms with E-state index in [1.165, 1.54) is 0 Å². The number of ether oxygens (including phenoxy) is 1. The van der Waals surface area contributed by atoms with Crippen LogP contribution in [0.2, 0.25) is 0 Å². The predicted octanol–water partition coefficient (Wildman–Crippen LogP) is 3.36. The highest BCUT2D eigenvalue weighted by Crippen LogP contribution is 2.17. The zero-order chi connectivity index (χ0) is 15.9. The van der Waals surface area contributed by atoms with E-state index in [2.05, 4.69) is 19.2 Å². The first kappa shape index (κ1) is 19.8. The van der Waals surface area contributed by atoms with E-state index in [1.54, 1.807) is 0 Å². The second-order valence-electron chi connectivity index (χ2n) is 6.45. The molecule has 0 aromatic heterocycles. The van der Waals surface area contributed by atoms with Crippen molar-refractivity contribution in [3.63, 3.8) is 0 Å². The van der Waals surface area contributed by atoms with Crippen molar-refractivity contribution in [1.29, 1.82) is 0 Å². The third-order valence-electron chi connectivity index (χ3n) is 4.24. The molecule has 0 aliphatic carbocycles. The number of benzene rings is 1. The summed E-state index contributed by atoms with van der Waals surface area (Å²) in [6, 6.07) is 7.86. The highest BCUT2D eigenvalue weighted by atomic mass is 35.5. The first-order valence-electron chi connectivity index (χ1n) is 8.28. The van der Waals surface area contributed by atoms with Crippen molar-refractivity contribution >= 4 is 18.3 Å². The van der Waals surface area contributed by atoms with Crippen molar-refractivity contribution in [2.75, 3.05) is 26.7 Å². The average Bonchev–Trinajstić information content (AvgIpc) is 2.54. The summed E-state index contributed by atoms with van der Waals surface area (Å²) >= 11 is 0. The minimum atomic E-state index is 0. The number of halogens is 1. The van der Waals surface area contributed by atoms with Gasteiger partial charge in [0.2, 0.25) is 0 Å². The minimum absolute atomic E-state index is 0. The van der Waals surface area contributed by atoms with Gasteiger partial charge in [-0.25, -0.2) is 0 Å². The van der Waals surface area contributed by atoms with Crippen LogP contribution in [0.25, 0.3) is 0 Å². The van der Waals surface area contributed by atoms with E-state index in [0.717, 1.165) is 50.3 Å². The van der Waals surface area contributed by atoms with Crippen molar-refractivity contribution in [1.82, 2.24) is 10.2 Å². The molecule has 0 saturated carbocycles. The molecule has 1 aliphatic rings. The molecule has 1 aliphatic heterocycles. The van der Waals surface area contributed by atoms with Crippen LogP contribution in [-0.4, -0.2) is 43.6 Å². The van der Waals surface area contributed by atoms with Gasteiger partial charge >= 0.3 is 0 Å². The first-order valence-corrected chi connectivity index (χ1v) is 8.28. The lowest BCUT2D eigenvalue weighted by Crippen LogP contribution is -2.43. The molecule has 0 unspecified atom stereocenters. The Bertz CT molecular complexity index is 470. The van der Waals surface area contributed by atoms with Crippen LogP contribution >= 0.6 is 12.4 Å². The molecule has 1 heterocycles. The highest BCUT2D eigenvalue weighted by molar-refractivity contribution is 5.94. The van der Waals surface area contributed by atoms with Crippen LogP contribution in [0.15, 0.2) is 24.3 Å². The molecule has 4 nitrogen and oxygen atoms in total. The third kappa shape index (κ3) is 6.04. The van der Waals surface area contributed by atoms with Gasteiger partial charge in [0.15, 0.2) is 0 Å². The standard InChI is InChI=1S/C18H28N2O2.ClH/c1-14(2)10-13-22-17-6-4-15(5-7-17)18(21)20(3)16-8-11-19-12-9-16;/h4-7,14,16,19H,8-13H2,1-3H3;1H. The van der Waals surface area contributed by atoms with Gasteiger partial charge in [-0.15, -0.1) is 12.4 Å². The molecule has 5 heteroatoms. The van der Waals surface area contributed by atoms with Gasteiger partial charge < -0.3 is 15.0 Å². The number of rotatable bonds is 6. The molecule has 1 amide bonds. The van der Waals surface area contributed by atoms with Crippen molar-refractivity contribution in [3.05, 3.63) is 29.8 Å². The molecule has 0 radical (unpaired) electrons. The maximum Gasteiger partial charge on any atom is 0.253 e. The molecule has 23 heavy (non-hydrogen) atoms. The van der Waals surface area contributed by atoms with E-state index >= 15 is 0 Å². The summed E-state index contributed by atoms with van der Waals surface area (Å²) in [5.41, 5.74) is 0.734. The van der Waals surface area contributed by atoms with E-state index in [1.807, 2.05) is 36.2 Å². The molecule has 2 rings (SSSR count). The number of nitrogens with one attached hydrogen (secondary N) is 1. The Morgan fingerprint density at radius 2 is 1.87 bits per heavy atom. The van der Waals surface area contributed by atoms with Gasteiger partial charge in [-0.05, 0) is 62.5 Å². The van der Waals surface area contributed by atoms with Gasteiger partial charge in [0.05, 0.1) is 6.61 Å². The zero-order valence-corrected chi connectivity index (χ0v) is 15.2. The molecule has 1 fully saturated rings. The molecule has 0 spiro atoms. The number of carbonyl (C=O) groups is 1. The van der Waals surface area contributed by atoms with Crippen molar-refractivity contribution < 1.29 is 9.53 Å². The maximum atomic E-state index is 12.5. The maximum absolute atomic E-state index is 12.5. The molecule has 1 saturated heterocycles. The summed E-state index contributed by atoms with van der Waals surface area (Å²) in [5.74, 6) is 1.57. The normalized spacial score (nSPS) is 15.1. The van der Waals surface area contributed by atoms with Crippen LogP contribution in [0, 0.1) is 5.92 Å². The highest BCUT2D eigenvalue weighted by Gasteiger charge is 2.22. The molecule has 1 N–H and O–H groups in total. The zero-order valence-electron chi connectivity index (χ0n) is 14.4.